The van der Waals surface area contributed by atoms with Crippen molar-refractivity contribution in [3.8, 4) is 0 Å². The van der Waals surface area contributed by atoms with Crippen molar-refractivity contribution in [2.24, 2.45) is 5.92 Å². The standard InChI is InChI=1S/C17H21NO3S/c1-2-21-15(19)11-13-14-9-6-10-18(14)17(20)16(13)22-12-7-4-3-5-8-12/h3-5,7-8,13-14,16H,2,6,9-11H2,1H3/t13-,14-,16?/m0/s1. The highest BCUT2D eigenvalue weighted by Gasteiger charge is 2.50. The number of fused-ring (bicyclic) bond motifs is 1. The Bertz CT molecular complexity index is 548. The average molecular weight is 319 g/mol. The maximum atomic E-state index is 12.7. The van der Waals surface area contributed by atoms with Gasteiger partial charge in [0, 0.05) is 23.4 Å². The molecule has 1 unspecified atom stereocenters. The Balaban J connectivity index is 1.78. The number of carbonyl (C=O) groups excluding carboxylic acids is 2. The Hall–Kier alpha value is -1.49. The SMILES string of the molecule is CCOC(=O)C[C@@H]1C(Sc2ccccc2)C(=O)N2CCC[C@@H]12. The zero-order valence-corrected chi connectivity index (χ0v) is 13.6. The van der Waals surface area contributed by atoms with Gasteiger partial charge in [0.15, 0.2) is 0 Å². The van der Waals surface area contributed by atoms with Crippen molar-refractivity contribution in [1.82, 2.24) is 4.90 Å². The molecule has 4 nitrogen and oxygen atoms in total. The van der Waals surface area contributed by atoms with E-state index in [1.165, 1.54) is 0 Å². The third-order valence-corrected chi connectivity index (χ3v) is 5.77. The summed E-state index contributed by atoms with van der Waals surface area (Å²) in [5.41, 5.74) is 0. The summed E-state index contributed by atoms with van der Waals surface area (Å²) in [6.07, 6.45) is 2.38. The highest BCUT2D eigenvalue weighted by Crippen LogP contribution is 2.43. The van der Waals surface area contributed by atoms with Gasteiger partial charge in [-0.2, -0.15) is 0 Å². The summed E-state index contributed by atoms with van der Waals surface area (Å²) in [5.74, 6) is 0.0534. The van der Waals surface area contributed by atoms with Crippen molar-refractivity contribution in [3.05, 3.63) is 30.3 Å². The number of thioether (sulfide) groups is 1. The van der Waals surface area contributed by atoms with Crippen molar-refractivity contribution in [3.63, 3.8) is 0 Å². The van der Waals surface area contributed by atoms with Gasteiger partial charge in [0.25, 0.3) is 0 Å². The fraction of sp³-hybridized carbons (Fsp3) is 0.529. The van der Waals surface area contributed by atoms with Gasteiger partial charge in [-0.15, -0.1) is 11.8 Å². The molecule has 5 heteroatoms. The summed E-state index contributed by atoms with van der Waals surface area (Å²) in [6, 6.07) is 10.2. The molecule has 0 N–H and O–H groups in total. The van der Waals surface area contributed by atoms with E-state index in [-0.39, 0.29) is 29.1 Å². The van der Waals surface area contributed by atoms with E-state index in [9.17, 15) is 9.59 Å². The van der Waals surface area contributed by atoms with Crippen molar-refractivity contribution in [1.29, 1.82) is 0 Å². The molecule has 0 radical (unpaired) electrons. The number of rotatable bonds is 5. The third kappa shape index (κ3) is 3.00. The van der Waals surface area contributed by atoms with Crippen molar-refractivity contribution >= 4 is 23.6 Å². The van der Waals surface area contributed by atoms with Gasteiger partial charge >= 0.3 is 5.97 Å². The topological polar surface area (TPSA) is 46.6 Å². The lowest BCUT2D eigenvalue weighted by atomic mass is 9.94. The Morgan fingerprint density at radius 3 is 2.86 bits per heavy atom. The molecule has 118 valence electrons. The molecule has 0 spiro atoms. The van der Waals surface area contributed by atoms with Gasteiger partial charge in [0.2, 0.25) is 5.91 Å². The molecule has 0 aliphatic carbocycles. The quantitative estimate of drug-likeness (QED) is 0.783. The van der Waals surface area contributed by atoms with Crippen molar-refractivity contribution in [2.45, 2.75) is 42.4 Å². The lowest BCUT2D eigenvalue weighted by Crippen LogP contribution is -2.29. The predicted molar refractivity (Wildman–Crippen MR) is 85.6 cm³/mol. The van der Waals surface area contributed by atoms with E-state index in [1.54, 1.807) is 11.8 Å². The number of amides is 1. The van der Waals surface area contributed by atoms with Crippen LogP contribution in [0.15, 0.2) is 35.2 Å². The predicted octanol–water partition coefficient (Wildman–Crippen LogP) is 2.72. The zero-order chi connectivity index (χ0) is 15.5. The lowest BCUT2D eigenvalue weighted by Gasteiger charge is -2.21. The van der Waals surface area contributed by atoms with Crippen molar-refractivity contribution in [2.75, 3.05) is 13.2 Å². The van der Waals surface area contributed by atoms with Gasteiger partial charge in [-0.05, 0) is 31.9 Å². The highest BCUT2D eigenvalue weighted by atomic mass is 32.2. The van der Waals surface area contributed by atoms with Gasteiger partial charge in [0.1, 0.15) is 0 Å². The van der Waals surface area contributed by atoms with Gasteiger partial charge in [-0.1, -0.05) is 18.2 Å². The highest BCUT2D eigenvalue weighted by molar-refractivity contribution is 8.00. The molecule has 0 saturated carbocycles. The summed E-state index contributed by atoms with van der Waals surface area (Å²) >= 11 is 1.59. The van der Waals surface area contributed by atoms with Crippen LogP contribution >= 0.6 is 11.8 Å². The van der Waals surface area contributed by atoms with E-state index < -0.39 is 0 Å². The average Bonchev–Trinajstić information content (AvgIpc) is 3.08. The van der Waals surface area contributed by atoms with Crippen LogP contribution in [0.25, 0.3) is 0 Å². The number of esters is 1. The number of carbonyl (C=O) groups is 2. The van der Waals surface area contributed by atoms with Crippen LogP contribution in [-0.4, -0.2) is 41.2 Å². The Morgan fingerprint density at radius 1 is 1.36 bits per heavy atom. The summed E-state index contributed by atoms with van der Waals surface area (Å²) in [4.78, 5) is 27.7. The Labute approximate surface area is 135 Å². The summed E-state index contributed by atoms with van der Waals surface area (Å²) in [7, 11) is 0. The number of ether oxygens (including phenoxy) is 1. The molecule has 0 aromatic heterocycles. The van der Waals surface area contributed by atoms with Crippen LogP contribution in [0.2, 0.25) is 0 Å². The van der Waals surface area contributed by atoms with Crippen molar-refractivity contribution < 1.29 is 14.3 Å². The molecule has 1 amide bonds. The number of benzene rings is 1. The van der Waals surface area contributed by atoms with E-state index in [1.807, 2.05) is 42.2 Å². The van der Waals surface area contributed by atoms with Crippen LogP contribution < -0.4 is 0 Å². The first-order chi connectivity index (χ1) is 10.7. The Kier molecular flexibility index (Phi) is 4.71. The molecule has 2 heterocycles. The van der Waals surface area contributed by atoms with Gasteiger partial charge in [-0.25, -0.2) is 0 Å². The number of nitrogens with zero attached hydrogens (tertiary/aromatic N) is 1. The molecular weight excluding hydrogens is 298 g/mol. The Morgan fingerprint density at radius 2 is 2.14 bits per heavy atom. The van der Waals surface area contributed by atoms with Crippen LogP contribution in [0.1, 0.15) is 26.2 Å². The minimum Gasteiger partial charge on any atom is -0.466 e. The molecular formula is C17H21NO3S. The molecule has 3 atom stereocenters. The first-order valence-corrected chi connectivity index (χ1v) is 8.76. The second-order valence-electron chi connectivity index (χ2n) is 5.77. The largest absolute Gasteiger partial charge is 0.466 e. The maximum absolute atomic E-state index is 12.7. The molecule has 3 rings (SSSR count). The summed E-state index contributed by atoms with van der Waals surface area (Å²) in [6.45, 7) is 3.04. The van der Waals surface area contributed by atoms with Crippen LogP contribution in [0, 0.1) is 5.92 Å². The molecule has 2 saturated heterocycles. The van der Waals surface area contributed by atoms with E-state index in [4.69, 9.17) is 4.74 Å². The first-order valence-electron chi connectivity index (χ1n) is 7.88. The van der Waals surface area contributed by atoms with E-state index in [0.29, 0.717) is 13.0 Å². The molecule has 1 aromatic rings. The molecule has 22 heavy (non-hydrogen) atoms. The lowest BCUT2D eigenvalue weighted by molar-refractivity contribution is -0.144. The molecule has 1 aromatic carbocycles. The van der Waals surface area contributed by atoms with Crippen LogP contribution in [-0.2, 0) is 14.3 Å². The van der Waals surface area contributed by atoms with E-state index in [2.05, 4.69) is 0 Å². The number of hydrogen-bond acceptors (Lipinski definition) is 4. The zero-order valence-electron chi connectivity index (χ0n) is 12.7. The second-order valence-corrected chi connectivity index (χ2v) is 6.98. The van der Waals surface area contributed by atoms with Gasteiger partial charge in [0.05, 0.1) is 18.3 Å². The fourth-order valence-electron chi connectivity index (χ4n) is 3.50. The smallest absolute Gasteiger partial charge is 0.306 e. The molecule has 2 aliphatic rings. The van der Waals surface area contributed by atoms with Crippen LogP contribution in [0.5, 0.6) is 0 Å². The number of hydrogen-bond donors (Lipinski definition) is 0. The second kappa shape index (κ2) is 6.73. The monoisotopic (exact) mass is 319 g/mol. The third-order valence-electron chi connectivity index (χ3n) is 4.42. The van der Waals surface area contributed by atoms with E-state index >= 15 is 0 Å². The minimum absolute atomic E-state index is 0.0549. The summed E-state index contributed by atoms with van der Waals surface area (Å²) < 4.78 is 5.11. The first kappa shape index (κ1) is 15.4. The fourth-order valence-corrected chi connectivity index (χ4v) is 4.79. The van der Waals surface area contributed by atoms with Gasteiger partial charge < -0.3 is 9.64 Å². The van der Waals surface area contributed by atoms with E-state index in [0.717, 1.165) is 24.3 Å². The van der Waals surface area contributed by atoms with Gasteiger partial charge in [-0.3, -0.25) is 9.59 Å². The van der Waals surface area contributed by atoms with Crippen LogP contribution in [0.3, 0.4) is 0 Å². The molecule has 2 aliphatic heterocycles. The van der Waals surface area contributed by atoms with Crippen LogP contribution in [0.4, 0.5) is 0 Å². The molecule has 2 fully saturated rings. The minimum atomic E-state index is -0.187. The molecule has 0 bridgehead atoms. The summed E-state index contributed by atoms with van der Waals surface area (Å²) in [5, 5.41) is -0.169. The normalized spacial score (nSPS) is 27.0. The maximum Gasteiger partial charge on any atom is 0.306 e.